The molecule has 2 N–H and O–H groups in total. The number of aromatic hydroxyl groups is 1. The second-order valence-corrected chi connectivity index (χ2v) is 6.07. The molecular formula is C17H15ClFNO3. The molecule has 2 aromatic rings. The molecule has 1 heterocycles. The molecule has 0 fully saturated rings. The first-order valence-corrected chi connectivity index (χ1v) is 7.56. The highest BCUT2D eigenvalue weighted by molar-refractivity contribution is 6.30. The molecule has 4 nitrogen and oxygen atoms in total. The maximum absolute atomic E-state index is 13.5. The van der Waals surface area contributed by atoms with Gasteiger partial charge >= 0.3 is 5.97 Å². The zero-order chi connectivity index (χ0) is 16.6. The Morgan fingerprint density at radius 2 is 2.09 bits per heavy atom. The number of rotatable bonds is 3. The van der Waals surface area contributed by atoms with Crippen molar-refractivity contribution in [3.63, 3.8) is 0 Å². The molecule has 0 atom stereocenters. The predicted molar refractivity (Wildman–Crippen MR) is 84.3 cm³/mol. The van der Waals surface area contributed by atoms with Crippen molar-refractivity contribution in [3.8, 4) is 5.75 Å². The summed E-state index contributed by atoms with van der Waals surface area (Å²) < 4.78 is 13.5. The van der Waals surface area contributed by atoms with Crippen molar-refractivity contribution in [2.75, 3.05) is 6.54 Å². The maximum atomic E-state index is 13.5. The second-order valence-electron chi connectivity index (χ2n) is 5.63. The van der Waals surface area contributed by atoms with Crippen molar-refractivity contribution in [3.05, 3.63) is 63.4 Å². The van der Waals surface area contributed by atoms with Gasteiger partial charge in [0.15, 0.2) is 0 Å². The van der Waals surface area contributed by atoms with Crippen LogP contribution in [-0.2, 0) is 19.5 Å². The second kappa shape index (κ2) is 6.18. The summed E-state index contributed by atoms with van der Waals surface area (Å²) in [7, 11) is 0. The molecule has 0 bridgehead atoms. The molecule has 120 valence electrons. The van der Waals surface area contributed by atoms with Crippen LogP contribution in [0.3, 0.4) is 0 Å². The quantitative estimate of drug-likeness (QED) is 0.902. The standard InChI is InChI=1S/C17H15ClFNO3/c18-12-2-1-11(16(21)6-12)8-20-4-3-10-5-13(19)7-14(17(22)23)15(10)9-20/h1-2,5-7,21H,3-4,8-9H2,(H,22,23). The topological polar surface area (TPSA) is 60.8 Å². The third-order valence-corrected chi connectivity index (χ3v) is 4.29. The van der Waals surface area contributed by atoms with Crippen LogP contribution in [0.5, 0.6) is 5.75 Å². The van der Waals surface area contributed by atoms with Gasteiger partial charge in [-0.05, 0) is 41.8 Å². The van der Waals surface area contributed by atoms with Crippen LogP contribution in [0.4, 0.5) is 4.39 Å². The minimum Gasteiger partial charge on any atom is -0.508 e. The predicted octanol–water partition coefficient (Wildman–Crippen LogP) is 3.44. The average Bonchev–Trinajstić information content (AvgIpc) is 2.49. The highest BCUT2D eigenvalue weighted by Crippen LogP contribution is 2.28. The van der Waals surface area contributed by atoms with E-state index in [1.807, 2.05) is 4.90 Å². The number of fused-ring (bicyclic) bond motifs is 1. The average molecular weight is 336 g/mol. The molecule has 0 amide bonds. The van der Waals surface area contributed by atoms with Gasteiger partial charge in [0.05, 0.1) is 5.56 Å². The molecule has 3 rings (SSSR count). The van der Waals surface area contributed by atoms with Gasteiger partial charge in [-0.2, -0.15) is 0 Å². The Kier molecular flexibility index (Phi) is 4.24. The Morgan fingerprint density at radius 1 is 1.30 bits per heavy atom. The van der Waals surface area contributed by atoms with Crippen molar-refractivity contribution in [2.24, 2.45) is 0 Å². The number of hydrogen-bond acceptors (Lipinski definition) is 3. The van der Waals surface area contributed by atoms with Crippen LogP contribution in [-0.4, -0.2) is 27.6 Å². The summed E-state index contributed by atoms with van der Waals surface area (Å²) in [6, 6.07) is 7.39. The lowest BCUT2D eigenvalue weighted by Crippen LogP contribution is -2.31. The van der Waals surface area contributed by atoms with Crippen LogP contribution in [0.1, 0.15) is 27.0 Å². The van der Waals surface area contributed by atoms with Gasteiger partial charge in [-0.1, -0.05) is 17.7 Å². The van der Waals surface area contributed by atoms with E-state index in [1.54, 1.807) is 12.1 Å². The van der Waals surface area contributed by atoms with Crippen molar-refractivity contribution >= 4 is 17.6 Å². The molecule has 1 aliphatic heterocycles. The molecule has 0 unspecified atom stereocenters. The molecule has 6 heteroatoms. The van der Waals surface area contributed by atoms with Crippen LogP contribution in [0.2, 0.25) is 5.02 Å². The van der Waals surface area contributed by atoms with Crippen LogP contribution in [0.25, 0.3) is 0 Å². The fourth-order valence-electron chi connectivity index (χ4n) is 2.92. The van der Waals surface area contributed by atoms with Crippen LogP contribution >= 0.6 is 11.6 Å². The summed E-state index contributed by atoms with van der Waals surface area (Å²) in [6.07, 6.45) is 0.571. The van der Waals surface area contributed by atoms with Gasteiger partial charge < -0.3 is 10.2 Å². The fourth-order valence-corrected chi connectivity index (χ4v) is 3.09. The number of carbonyl (C=O) groups is 1. The van der Waals surface area contributed by atoms with Gasteiger partial charge in [-0.25, -0.2) is 9.18 Å². The number of hydrogen-bond donors (Lipinski definition) is 2. The summed E-state index contributed by atoms with van der Waals surface area (Å²) in [5.41, 5.74) is 2.10. The fraction of sp³-hybridized carbons (Fsp3) is 0.235. The van der Waals surface area contributed by atoms with Crippen molar-refractivity contribution in [2.45, 2.75) is 19.5 Å². The molecule has 0 aliphatic carbocycles. The first-order chi connectivity index (χ1) is 10.9. The Hall–Kier alpha value is -2.11. The first-order valence-electron chi connectivity index (χ1n) is 7.18. The van der Waals surface area contributed by atoms with Gasteiger partial charge in [-0.3, -0.25) is 4.90 Å². The van der Waals surface area contributed by atoms with E-state index in [4.69, 9.17) is 11.6 Å². The zero-order valence-electron chi connectivity index (χ0n) is 12.2. The van der Waals surface area contributed by atoms with E-state index >= 15 is 0 Å². The van der Waals surface area contributed by atoms with Crippen molar-refractivity contribution in [1.29, 1.82) is 0 Å². The number of benzene rings is 2. The number of nitrogens with zero attached hydrogens (tertiary/aromatic N) is 1. The number of carboxylic acids is 1. The van der Waals surface area contributed by atoms with E-state index in [-0.39, 0.29) is 11.3 Å². The molecule has 0 aromatic heterocycles. The molecule has 0 saturated carbocycles. The van der Waals surface area contributed by atoms with Crippen molar-refractivity contribution < 1.29 is 19.4 Å². The number of carboxylic acid groups (broad SMARTS) is 1. The van der Waals surface area contributed by atoms with E-state index < -0.39 is 11.8 Å². The first kappa shape index (κ1) is 15.8. The van der Waals surface area contributed by atoms with Gasteiger partial charge in [0.25, 0.3) is 0 Å². The number of aromatic carboxylic acids is 1. The summed E-state index contributed by atoms with van der Waals surface area (Å²) in [5, 5.41) is 19.7. The third kappa shape index (κ3) is 3.30. The molecule has 0 radical (unpaired) electrons. The summed E-state index contributed by atoms with van der Waals surface area (Å²) in [4.78, 5) is 13.4. The normalized spacial score (nSPS) is 14.5. The smallest absolute Gasteiger partial charge is 0.336 e. The Labute approximate surface area is 137 Å². The van der Waals surface area contributed by atoms with Gasteiger partial charge in [0.1, 0.15) is 11.6 Å². The van der Waals surface area contributed by atoms with Gasteiger partial charge in [0.2, 0.25) is 0 Å². The van der Waals surface area contributed by atoms with Crippen LogP contribution < -0.4 is 0 Å². The van der Waals surface area contributed by atoms with Crippen LogP contribution in [0.15, 0.2) is 30.3 Å². The zero-order valence-corrected chi connectivity index (χ0v) is 13.0. The lowest BCUT2D eigenvalue weighted by molar-refractivity contribution is 0.0692. The Bertz CT molecular complexity index is 779. The summed E-state index contributed by atoms with van der Waals surface area (Å²) in [5.74, 6) is -1.54. The highest BCUT2D eigenvalue weighted by atomic mass is 35.5. The molecular weight excluding hydrogens is 321 g/mol. The Morgan fingerprint density at radius 3 is 2.78 bits per heavy atom. The number of phenolic OH excluding ortho intramolecular Hbond substituents is 1. The lowest BCUT2D eigenvalue weighted by Gasteiger charge is -2.30. The van der Waals surface area contributed by atoms with E-state index in [9.17, 15) is 19.4 Å². The molecule has 0 saturated heterocycles. The Balaban J connectivity index is 1.86. The van der Waals surface area contributed by atoms with E-state index in [0.717, 1.165) is 17.2 Å². The summed E-state index contributed by atoms with van der Waals surface area (Å²) >= 11 is 5.82. The van der Waals surface area contributed by atoms with E-state index in [0.29, 0.717) is 36.6 Å². The van der Waals surface area contributed by atoms with Gasteiger partial charge in [-0.15, -0.1) is 0 Å². The molecule has 0 spiro atoms. The molecule has 1 aliphatic rings. The minimum absolute atomic E-state index is 0.00466. The number of halogens is 2. The van der Waals surface area contributed by atoms with E-state index in [1.165, 1.54) is 12.1 Å². The van der Waals surface area contributed by atoms with E-state index in [2.05, 4.69) is 0 Å². The highest BCUT2D eigenvalue weighted by Gasteiger charge is 2.23. The van der Waals surface area contributed by atoms with Crippen molar-refractivity contribution in [1.82, 2.24) is 4.90 Å². The third-order valence-electron chi connectivity index (χ3n) is 4.06. The molecule has 2 aromatic carbocycles. The number of phenols is 1. The van der Waals surface area contributed by atoms with Gasteiger partial charge in [0, 0.05) is 30.2 Å². The summed E-state index contributed by atoms with van der Waals surface area (Å²) in [6.45, 7) is 1.54. The minimum atomic E-state index is -1.13. The lowest BCUT2D eigenvalue weighted by atomic mass is 9.94. The van der Waals surface area contributed by atoms with Crippen LogP contribution in [0, 0.1) is 5.82 Å². The SMILES string of the molecule is O=C(O)c1cc(F)cc2c1CN(Cc1ccc(Cl)cc1O)CC2. The maximum Gasteiger partial charge on any atom is 0.336 e. The monoisotopic (exact) mass is 335 g/mol. The largest absolute Gasteiger partial charge is 0.508 e. The molecule has 23 heavy (non-hydrogen) atoms.